The lowest BCUT2D eigenvalue weighted by atomic mass is 9.67. The van der Waals surface area contributed by atoms with Gasteiger partial charge in [0, 0.05) is 42.3 Å². The highest BCUT2D eigenvalue weighted by molar-refractivity contribution is 5.93. The SMILES string of the molecule is CC(=O)C1=COC[C@@H]2[C@H]1CC1c3c(c4ccccc4n3C)C[C@@H]2[N+]1(C)[O-]. The van der Waals surface area contributed by atoms with Gasteiger partial charge in [-0.25, -0.2) is 0 Å². The van der Waals surface area contributed by atoms with Crippen molar-refractivity contribution in [2.75, 3.05) is 13.7 Å². The Kier molecular flexibility index (Phi) is 3.22. The van der Waals surface area contributed by atoms with Crippen molar-refractivity contribution in [2.45, 2.75) is 31.8 Å². The van der Waals surface area contributed by atoms with Gasteiger partial charge in [0.2, 0.25) is 0 Å². The topological polar surface area (TPSA) is 54.3 Å². The molecule has 0 N–H and O–H groups in total. The van der Waals surface area contributed by atoms with E-state index in [0.717, 1.165) is 17.7 Å². The average molecular weight is 352 g/mol. The lowest BCUT2D eigenvalue weighted by molar-refractivity contribution is -0.931. The highest BCUT2D eigenvalue weighted by atomic mass is 16.5. The Morgan fingerprint density at radius 1 is 1.35 bits per heavy atom. The van der Waals surface area contributed by atoms with Gasteiger partial charge < -0.3 is 19.2 Å². The number of allylic oxidation sites excluding steroid dienone is 1. The summed E-state index contributed by atoms with van der Waals surface area (Å²) in [5, 5.41) is 15.0. The summed E-state index contributed by atoms with van der Waals surface area (Å²) in [7, 11) is 3.89. The number of piperidine rings is 1. The van der Waals surface area contributed by atoms with Crippen LogP contribution >= 0.6 is 0 Å². The molecular formula is C21H24N2O3. The van der Waals surface area contributed by atoms with Crippen molar-refractivity contribution in [1.82, 2.24) is 4.57 Å². The number of ether oxygens (including phenoxy) is 1. The monoisotopic (exact) mass is 352 g/mol. The predicted octanol–water partition coefficient (Wildman–Crippen LogP) is 3.23. The van der Waals surface area contributed by atoms with Crippen LogP contribution in [-0.2, 0) is 23.0 Å². The van der Waals surface area contributed by atoms with E-state index in [-0.39, 0.29) is 34.3 Å². The van der Waals surface area contributed by atoms with Crippen molar-refractivity contribution in [1.29, 1.82) is 0 Å². The van der Waals surface area contributed by atoms with Crippen LogP contribution in [0.1, 0.15) is 30.6 Å². The van der Waals surface area contributed by atoms with Gasteiger partial charge >= 0.3 is 0 Å². The third-order valence-corrected chi connectivity index (χ3v) is 7.06. The number of aryl methyl sites for hydroxylation is 1. The van der Waals surface area contributed by atoms with E-state index in [4.69, 9.17) is 4.74 Å². The van der Waals surface area contributed by atoms with E-state index in [1.54, 1.807) is 13.2 Å². The fourth-order valence-corrected chi connectivity index (χ4v) is 5.80. The van der Waals surface area contributed by atoms with Crippen molar-refractivity contribution in [3.63, 3.8) is 0 Å². The molecule has 2 aromatic rings. The van der Waals surface area contributed by atoms with Gasteiger partial charge in [-0.1, -0.05) is 18.2 Å². The molecule has 5 rings (SSSR count). The molecule has 2 unspecified atom stereocenters. The fourth-order valence-electron chi connectivity index (χ4n) is 5.80. The predicted molar refractivity (Wildman–Crippen MR) is 99.0 cm³/mol. The molecular weight excluding hydrogens is 328 g/mol. The van der Waals surface area contributed by atoms with Crippen molar-refractivity contribution in [3.05, 3.63) is 52.6 Å². The van der Waals surface area contributed by atoms with E-state index in [9.17, 15) is 10.0 Å². The van der Waals surface area contributed by atoms with E-state index in [1.165, 1.54) is 16.5 Å². The molecule has 0 aliphatic carbocycles. The minimum absolute atomic E-state index is 0.0667. The molecule has 5 nitrogen and oxygen atoms in total. The Bertz CT molecular complexity index is 956. The second-order valence-corrected chi connectivity index (χ2v) is 8.25. The van der Waals surface area contributed by atoms with E-state index < -0.39 is 0 Å². The number of quaternary nitrogens is 1. The molecule has 1 fully saturated rings. The van der Waals surface area contributed by atoms with Crippen molar-refractivity contribution in [3.8, 4) is 0 Å². The maximum absolute atomic E-state index is 13.8. The number of Topliss-reactive ketones (excluding diaryl/α,β-unsaturated/α-hetero) is 1. The van der Waals surface area contributed by atoms with Crippen LogP contribution in [0.15, 0.2) is 36.1 Å². The number of rotatable bonds is 1. The average Bonchev–Trinajstić information content (AvgIpc) is 2.87. The summed E-state index contributed by atoms with van der Waals surface area (Å²) in [6.45, 7) is 2.14. The molecule has 0 radical (unpaired) electrons. The second-order valence-electron chi connectivity index (χ2n) is 8.25. The fraction of sp³-hybridized carbons (Fsp3) is 0.476. The summed E-state index contributed by atoms with van der Waals surface area (Å²) in [6, 6.07) is 8.21. The number of carbonyl (C=O) groups excluding carboxylic acids is 1. The Labute approximate surface area is 153 Å². The largest absolute Gasteiger partial charge is 0.632 e. The number of likely N-dealkylation sites (N-methyl/N-ethyl adjacent to an activating group) is 1. The molecule has 0 saturated carbocycles. The van der Waals surface area contributed by atoms with E-state index in [1.807, 2.05) is 7.05 Å². The first-order valence-corrected chi connectivity index (χ1v) is 9.37. The molecule has 3 aliphatic heterocycles. The number of carbonyl (C=O) groups is 1. The summed E-state index contributed by atoms with van der Waals surface area (Å²) in [4.78, 5) is 12.2. The highest BCUT2D eigenvalue weighted by Crippen LogP contribution is 2.54. The van der Waals surface area contributed by atoms with Gasteiger partial charge in [0.25, 0.3) is 0 Å². The van der Waals surface area contributed by atoms with Gasteiger partial charge in [0.1, 0.15) is 6.04 Å². The summed E-state index contributed by atoms with van der Waals surface area (Å²) >= 11 is 0. The van der Waals surface area contributed by atoms with E-state index in [0.29, 0.717) is 13.0 Å². The first-order chi connectivity index (χ1) is 12.4. The number of nitrogens with zero attached hydrogens (tertiary/aromatic N) is 2. The van der Waals surface area contributed by atoms with Crippen LogP contribution in [0.3, 0.4) is 0 Å². The summed E-state index contributed by atoms with van der Waals surface area (Å²) in [5.74, 6) is 0.296. The van der Waals surface area contributed by atoms with Gasteiger partial charge in [-0.15, -0.1) is 0 Å². The molecule has 2 bridgehead atoms. The minimum Gasteiger partial charge on any atom is -0.632 e. The quantitative estimate of drug-likeness (QED) is 0.585. The Hall–Kier alpha value is -2.11. The highest BCUT2D eigenvalue weighted by Gasteiger charge is 2.55. The van der Waals surface area contributed by atoms with Crippen LogP contribution in [-0.4, -0.2) is 34.7 Å². The number of ketones is 1. The van der Waals surface area contributed by atoms with Crippen LogP contribution in [0.25, 0.3) is 10.9 Å². The minimum atomic E-state index is -0.257. The lowest BCUT2D eigenvalue weighted by Crippen LogP contribution is -2.63. The van der Waals surface area contributed by atoms with Gasteiger partial charge in [-0.3, -0.25) is 4.79 Å². The molecule has 3 aliphatic rings. The molecule has 0 spiro atoms. The Morgan fingerprint density at radius 2 is 2.12 bits per heavy atom. The second kappa shape index (κ2) is 5.21. The van der Waals surface area contributed by atoms with Crippen molar-refractivity contribution < 1.29 is 14.2 Å². The summed E-state index contributed by atoms with van der Waals surface area (Å²) in [6.07, 6.45) is 3.11. The zero-order valence-corrected chi connectivity index (χ0v) is 15.4. The van der Waals surface area contributed by atoms with Crippen LogP contribution in [0.2, 0.25) is 0 Å². The molecule has 5 atom stereocenters. The molecule has 5 heteroatoms. The molecule has 1 saturated heterocycles. The molecule has 1 aromatic carbocycles. The number of hydrogen-bond donors (Lipinski definition) is 0. The summed E-state index contributed by atoms with van der Waals surface area (Å²) in [5.41, 5.74) is 4.43. The number of fused-ring (bicyclic) bond motifs is 8. The van der Waals surface area contributed by atoms with Gasteiger partial charge in [-0.2, -0.15) is 0 Å². The number of para-hydroxylation sites is 1. The van der Waals surface area contributed by atoms with Crippen LogP contribution in [0.5, 0.6) is 0 Å². The third kappa shape index (κ3) is 1.90. The van der Waals surface area contributed by atoms with E-state index >= 15 is 0 Å². The van der Waals surface area contributed by atoms with Crippen LogP contribution in [0.4, 0.5) is 0 Å². The Morgan fingerprint density at radius 3 is 2.88 bits per heavy atom. The standard InChI is InChI=1S/C21H24N2O3/c1-12(24)16-10-26-11-17-14(16)8-20-21-15(9-19(17)23(20,3)25)13-6-4-5-7-18(13)22(21)2/h4-7,10,14,17,19-20H,8-9,11H2,1-3H3/t14-,17+,19-,20?,23?/m0/s1. The number of aromatic nitrogens is 1. The van der Waals surface area contributed by atoms with Crippen molar-refractivity contribution >= 4 is 16.7 Å². The number of hydroxylamine groups is 3. The first-order valence-electron chi connectivity index (χ1n) is 9.37. The molecule has 26 heavy (non-hydrogen) atoms. The Balaban J connectivity index is 1.72. The van der Waals surface area contributed by atoms with Gasteiger partial charge in [-0.05, 0) is 18.6 Å². The van der Waals surface area contributed by atoms with Crippen LogP contribution in [0, 0.1) is 17.0 Å². The zero-order chi connectivity index (χ0) is 18.2. The number of hydrogen-bond acceptors (Lipinski definition) is 3. The van der Waals surface area contributed by atoms with Gasteiger partial charge in [0.15, 0.2) is 5.78 Å². The van der Waals surface area contributed by atoms with Gasteiger partial charge in [0.05, 0.1) is 37.6 Å². The number of benzene rings is 1. The molecule has 136 valence electrons. The normalized spacial score (nSPS) is 35.3. The molecule has 0 amide bonds. The van der Waals surface area contributed by atoms with Crippen LogP contribution < -0.4 is 0 Å². The zero-order valence-electron chi connectivity index (χ0n) is 15.4. The maximum atomic E-state index is 13.8. The molecule has 4 heterocycles. The van der Waals surface area contributed by atoms with Crippen molar-refractivity contribution in [2.24, 2.45) is 18.9 Å². The lowest BCUT2D eigenvalue weighted by Gasteiger charge is -2.61. The molecule has 1 aromatic heterocycles. The smallest absolute Gasteiger partial charge is 0.159 e. The third-order valence-electron chi connectivity index (χ3n) is 7.06. The van der Waals surface area contributed by atoms with E-state index in [2.05, 4.69) is 35.9 Å². The summed E-state index contributed by atoms with van der Waals surface area (Å²) < 4.78 is 7.59. The first kappa shape index (κ1) is 16.1. The maximum Gasteiger partial charge on any atom is 0.159 e.